The van der Waals surface area contributed by atoms with Gasteiger partial charge in [0.2, 0.25) is 0 Å². The number of aromatic nitrogens is 1. The first-order valence-corrected chi connectivity index (χ1v) is 13.6. The van der Waals surface area contributed by atoms with Crippen LogP contribution in [-0.4, -0.2) is 16.7 Å². The van der Waals surface area contributed by atoms with Crippen LogP contribution < -0.4 is 5.32 Å². The summed E-state index contributed by atoms with van der Waals surface area (Å²) in [4.78, 5) is 19.6. The number of aliphatic imine (C=N–C) groups is 1. The van der Waals surface area contributed by atoms with Crippen LogP contribution in [0.5, 0.6) is 0 Å². The molecule has 2 aromatic heterocycles. The number of carbonyl (C=O) groups is 1. The zero-order valence-corrected chi connectivity index (χ0v) is 22.8. The van der Waals surface area contributed by atoms with Crippen molar-refractivity contribution in [2.75, 3.05) is 5.32 Å². The highest BCUT2D eigenvalue weighted by Crippen LogP contribution is 2.39. The van der Waals surface area contributed by atoms with E-state index in [2.05, 4.69) is 34.8 Å². The minimum absolute atomic E-state index is 0.0519. The standard InChI is InChI=1S/C29H27Cl2N3OS/c1-17-8-11-22(12-9-17)33-28(35)27-23-6-4-5-7-26(23)36-29(27)34-18(2)14-20(19(34)3)16-32-25-13-10-21(30)15-24(25)31/h8-16H,4-7H2,1-3H3,(H,33,35). The quantitative estimate of drug-likeness (QED) is 0.255. The molecule has 0 bridgehead atoms. The number of halogens is 2. The number of aryl methyl sites for hydroxylation is 3. The van der Waals surface area contributed by atoms with Crippen LogP contribution in [0.25, 0.3) is 5.00 Å². The molecule has 7 heteroatoms. The molecule has 0 aliphatic heterocycles. The monoisotopic (exact) mass is 535 g/mol. The van der Waals surface area contributed by atoms with Gasteiger partial charge in [0.25, 0.3) is 5.91 Å². The van der Waals surface area contributed by atoms with E-state index in [4.69, 9.17) is 23.2 Å². The van der Waals surface area contributed by atoms with Gasteiger partial charge in [0.1, 0.15) is 5.00 Å². The first-order valence-electron chi connectivity index (χ1n) is 12.0. The Balaban J connectivity index is 1.55. The second-order valence-electron chi connectivity index (χ2n) is 9.23. The number of nitrogens with zero attached hydrogens (tertiary/aromatic N) is 2. The van der Waals surface area contributed by atoms with Crippen molar-refractivity contribution in [3.05, 3.63) is 97.1 Å². The molecule has 1 aliphatic rings. The number of carbonyl (C=O) groups excluding carboxylic acids is 1. The Kier molecular flexibility index (Phi) is 7.07. The van der Waals surface area contributed by atoms with Crippen molar-refractivity contribution in [2.45, 2.75) is 46.5 Å². The number of benzene rings is 2. The van der Waals surface area contributed by atoms with Crippen LogP contribution in [0.2, 0.25) is 10.0 Å². The minimum Gasteiger partial charge on any atom is -0.322 e. The number of nitrogens with one attached hydrogen (secondary N) is 1. The van der Waals surface area contributed by atoms with E-state index in [1.54, 1.807) is 29.5 Å². The van der Waals surface area contributed by atoms with E-state index in [9.17, 15) is 4.79 Å². The van der Waals surface area contributed by atoms with E-state index in [0.29, 0.717) is 15.7 Å². The number of amides is 1. The Morgan fingerprint density at radius 2 is 1.78 bits per heavy atom. The fourth-order valence-corrected chi connectivity index (χ4v) is 6.68. The largest absolute Gasteiger partial charge is 0.322 e. The molecule has 4 aromatic rings. The third kappa shape index (κ3) is 4.88. The molecule has 0 saturated carbocycles. The molecule has 1 N–H and O–H groups in total. The van der Waals surface area contributed by atoms with Crippen molar-refractivity contribution in [1.82, 2.24) is 4.57 Å². The topological polar surface area (TPSA) is 46.4 Å². The van der Waals surface area contributed by atoms with Crippen molar-refractivity contribution < 1.29 is 4.79 Å². The summed E-state index contributed by atoms with van der Waals surface area (Å²) in [5.74, 6) is -0.0519. The third-order valence-corrected chi connectivity index (χ3v) is 8.43. The van der Waals surface area contributed by atoms with Crippen LogP contribution in [0.3, 0.4) is 0 Å². The molecule has 5 rings (SSSR count). The third-order valence-electron chi connectivity index (χ3n) is 6.62. The Hall–Kier alpha value is -2.86. The minimum atomic E-state index is -0.0519. The molecule has 36 heavy (non-hydrogen) atoms. The van der Waals surface area contributed by atoms with Gasteiger partial charge in [-0.1, -0.05) is 40.9 Å². The second kappa shape index (κ2) is 10.3. The lowest BCUT2D eigenvalue weighted by Gasteiger charge is -2.14. The molecule has 0 fully saturated rings. The van der Waals surface area contributed by atoms with Crippen molar-refractivity contribution in [3.63, 3.8) is 0 Å². The van der Waals surface area contributed by atoms with Gasteiger partial charge in [0.05, 0.1) is 16.3 Å². The Bertz CT molecular complexity index is 1480. The van der Waals surface area contributed by atoms with Gasteiger partial charge in [0, 0.05) is 38.8 Å². The summed E-state index contributed by atoms with van der Waals surface area (Å²) >= 11 is 14.1. The number of hydrogen-bond donors (Lipinski definition) is 1. The molecular formula is C29H27Cl2N3OS. The molecule has 0 atom stereocenters. The molecule has 2 aromatic carbocycles. The number of anilines is 1. The number of thiophene rings is 1. The molecule has 1 aliphatic carbocycles. The molecule has 0 radical (unpaired) electrons. The van der Waals surface area contributed by atoms with Crippen molar-refractivity contribution >= 4 is 58.0 Å². The van der Waals surface area contributed by atoms with Crippen LogP contribution >= 0.6 is 34.5 Å². The lowest BCUT2D eigenvalue weighted by Crippen LogP contribution is -2.17. The SMILES string of the molecule is Cc1ccc(NC(=O)c2c(-n3c(C)cc(C=Nc4ccc(Cl)cc4Cl)c3C)sc3c2CCCC3)cc1. The number of fused-ring (bicyclic) bond motifs is 1. The predicted octanol–water partition coefficient (Wildman–Crippen LogP) is 8.65. The molecule has 0 unspecified atom stereocenters. The highest BCUT2D eigenvalue weighted by Gasteiger charge is 2.28. The summed E-state index contributed by atoms with van der Waals surface area (Å²) in [5.41, 5.74) is 7.69. The summed E-state index contributed by atoms with van der Waals surface area (Å²) in [6, 6.07) is 15.3. The van der Waals surface area contributed by atoms with E-state index < -0.39 is 0 Å². The molecule has 184 valence electrons. The van der Waals surface area contributed by atoms with Crippen LogP contribution in [0, 0.1) is 20.8 Å². The van der Waals surface area contributed by atoms with Gasteiger partial charge in [-0.3, -0.25) is 9.79 Å². The van der Waals surface area contributed by atoms with Gasteiger partial charge in [-0.25, -0.2) is 0 Å². The average molecular weight is 537 g/mol. The van der Waals surface area contributed by atoms with Crippen LogP contribution in [-0.2, 0) is 12.8 Å². The van der Waals surface area contributed by atoms with Gasteiger partial charge in [-0.05, 0) is 88.4 Å². The van der Waals surface area contributed by atoms with Crippen molar-refractivity contribution in [3.8, 4) is 5.00 Å². The highest BCUT2D eigenvalue weighted by molar-refractivity contribution is 7.15. The van der Waals surface area contributed by atoms with E-state index in [1.807, 2.05) is 37.4 Å². The first kappa shape index (κ1) is 24.8. The maximum absolute atomic E-state index is 13.7. The lowest BCUT2D eigenvalue weighted by molar-refractivity contribution is 0.102. The van der Waals surface area contributed by atoms with E-state index in [1.165, 1.54) is 10.4 Å². The molecule has 0 saturated heterocycles. The summed E-state index contributed by atoms with van der Waals surface area (Å²) < 4.78 is 2.19. The zero-order valence-electron chi connectivity index (χ0n) is 20.5. The Morgan fingerprint density at radius 1 is 1.03 bits per heavy atom. The molecule has 1 amide bonds. The Morgan fingerprint density at radius 3 is 2.53 bits per heavy atom. The maximum Gasteiger partial charge on any atom is 0.258 e. The van der Waals surface area contributed by atoms with Gasteiger partial charge in [0.15, 0.2) is 0 Å². The molecule has 2 heterocycles. The smallest absolute Gasteiger partial charge is 0.258 e. The van der Waals surface area contributed by atoms with Gasteiger partial charge < -0.3 is 9.88 Å². The van der Waals surface area contributed by atoms with E-state index >= 15 is 0 Å². The van der Waals surface area contributed by atoms with Gasteiger partial charge in [-0.2, -0.15) is 0 Å². The Labute approximate surface area is 225 Å². The number of hydrogen-bond acceptors (Lipinski definition) is 3. The second-order valence-corrected chi connectivity index (χ2v) is 11.2. The summed E-state index contributed by atoms with van der Waals surface area (Å²) in [6.45, 7) is 6.18. The van der Waals surface area contributed by atoms with E-state index in [-0.39, 0.29) is 5.91 Å². The summed E-state index contributed by atoms with van der Waals surface area (Å²) in [5, 5.41) is 5.20. The fourth-order valence-electron chi connectivity index (χ4n) is 4.73. The van der Waals surface area contributed by atoms with Crippen molar-refractivity contribution in [2.24, 2.45) is 4.99 Å². The average Bonchev–Trinajstić information content (AvgIpc) is 3.36. The van der Waals surface area contributed by atoms with Gasteiger partial charge in [-0.15, -0.1) is 11.3 Å². The van der Waals surface area contributed by atoms with Crippen molar-refractivity contribution in [1.29, 1.82) is 0 Å². The number of rotatable bonds is 5. The molecular weight excluding hydrogens is 509 g/mol. The van der Waals surface area contributed by atoms with Gasteiger partial charge >= 0.3 is 0 Å². The normalized spacial score (nSPS) is 13.2. The zero-order chi connectivity index (χ0) is 25.4. The summed E-state index contributed by atoms with van der Waals surface area (Å²) in [7, 11) is 0. The van der Waals surface area contributed by atoms with Crippen LogP contribution in [0.1, 0.15) is 56.2 Å². The summed E-state index contributed by atoms with van der Waals surface area (Å²) in [6.07, 6.45) is 6.05. The van der Waals surface area contributed by atoms with E-state index in [0.717, 1.165) is 64.4 Å². The molecule has 0 spiro atoms. The predicted molar refractivity (Wildman–Crippen MR) is 153 cm³/mol. The maximum atomic E-state index is 13.7. The van der Waals surface area contributed by atoms with Crippen LogP contribution in [0.4, 0.5) is 11.4 Å². The fraction of sp³-hybridized carbons (Fsp3) is 0.241. The lowest BCUT2D eigenvalue weighted by atomic mass is 9.95. The van der Waals surface area contributed by atoms with Crippen LogP contribution in [0.15, 0.2) is 53.5 Å². The first-order chi connectivity index (χ1) is 17.3. The highest BCUT2D eigenvalue weighted by atomic mass is 35.5. The molecule has 4 nitrogen and oxygen atoms in total.